The average Bonchev–Trinajstić information content (AvgIpc) is 2.60. The molecule has 25 heavy (non-hydrogen) atoms. The molecule has 0 saturated carbocycles. The molecule has 3 rings (SSSR count). The lowest BCUT2D eigenvalue weighted by molar-refractivity contribution is 0.0846. The first-order valence-corrected chi connectivity index (χ1v) is 7.55. The van der Waals surface area contributed by atoms with Gasteiger partial charge >= 0.3 is 0 Å². The van der Waals surface area contributed by atoms with Crippen molar-refractivity contribution in [2.75, 3.05) is 0 Å². The molecule has 0 spiro atoms. The first-order valence-electron chi connectivity index (χ1n) is 7.17. The maximum absolute atomic E-state index is 12.4. The number of H-pyrrole nitrogens is 1. The molecule has 0 aliphatic carbocycles. The van der Waals surface area contributed by atoms with Gasteiger partial charge in [0.2, 0.25) is 0 Å². The van der Waals surface area contributed by atoms with Gasteiger partial charge in [0, 0.05) is 21.5 Å². The SMILES string of the molecule is O=C(NNC(=O)c1c(O)c(=O)[nH]c2ccccc12)c1cccc(Cl)c1. The molecule has 1 aromatic heterocycles. The van der Waals surface area contributed by atoms with Gasteiger partial charge in [0.25, 0.3) is 17.4 Å². The Hall–Kier alpha value is -3.32. The van der Waals surface area contributed by atoms with Crippen molar-refractivity contribution in [3.8, 4) is 5.75 Å². The summed E-state index contributed by atoms with van der Waals surface area (Å²) in [6.07, 6.45) is 0. The highest BCUT2D eigenvalue weighted by atomic mass is 35.5. The summed E-state index contributed by atoms with van der Waals surface area (Å²) in [4.78, 5) is 38.6. The van der Waals surface area contributed by atoms with Crippen LogP contribution in [0.1, 0.15) is 20.7 Å². The number of fused-ring (bicyclic) bond motifs is 1. The number of hydrogen-bond acceptors (Lipinski definition) is 4. The van der Waals surface area contributed by atoms with Crippen LogP contribution in [0.5, 0.6) is 5.75 Å². The average molecular weight is 358 g/mol. The quantitative estimate of drug-likeness (QED) is 0.525. The second-order valence-electron chi connectivity index (χ2n) is 5.14. The molecular weight excluding hydrogens is 346 g/mol. The monoisotopic (exact) mass is 357 g/mol. The molecule has 0 radical (unpaired) electrons. The minimum Gasteiger partial charge on any atom is -0.502 e. The minimum atomic E-state index is -0.824. The molecule has 8 heteroatoms. The third-order valence-electron chi connectivity index (χ3n) is 3.50. The molecular formula is C17H12ClN3O4. The molecule has 2 amide bonds. The molecule has 2 aromatic carbocycles. The van der Waals surface area contributed by atoms with E-state index >= 15 is 0 Å². The molecule has 3 aromatic rings. The van der Waals surface area contributed by atoms with Crippen molar-refractivity contribution in [3.05, 3.63) is 75.0 Å². The van der Waals surface area contributed by atoms with Gasteiger partial charge in [0.1, 0.15) is 0 Å². The zero-order valence-corrected chi connectivity index (χ0v) is 13.4. The fourth-order valence-corrected chi connectivity index (χ4v) is 2.53. The summed E-state index contributed by atoms with van der Waals surface area (Å²) >= 11 is 5.81. The standard InChI is InChI=1S/C17H12ClN3O4/c18-10-5-3-4-9(8-10)15(23)20-21-16(24)13-11-6-1-2-7-12(11)19-17(25)14(13)22/h1-8,22H,(H,19,25)(H,20,23)(H,21,24). The number of carbonyl (C=O) groups excluding carboxylic acids is 2. The van der Waals surface area contributed by atoms with E-state index in [0.29, 0.717) is 15.9 Å². The van der Waals surface area contributed by atoms with Crippen LogP contribution in [-0.4, -0.2) is 21.9 Å². The second-order valence-corrected chi connectivity index (χ2v) is 5.58. The predicted molar refractivity (Wildman–Crippen MR) is 92.6 cm³/mol. The van der Waals surface area contributed by atoms with E-state index in [-0.39, 0.29) is 11.1 Å². The third kappa shape index (κ3) is 3.31. The Kier molecular flexibility index (Phi) is 4.40. The summed E-state index contributed by atoms with van der Waals surface area (Å²) in [5.74, 6) is -2.15. The highest BCUT2D eigenvalue weighted by Crippen LogP contribution is 2.21. The van der Waals surface area contributed by atoms with Gasteiger partial charge in [-0.15, -0.1) is 0 Å². The number of nitrogens with one attached hydrogen (secondary N) is 3. The Bertz CT molecular complexity index is 1050. The van der Waals surface area contributed by atoms with Gasteiger partial charge in [-0.3, -0.25) is 25.2 Å². The van der Waals surface area contributed by atoms with Gasteiger partial charge in [-0.25, -0.2) is 0 Å². The molecule has 0 fully saturated rings. The van der Waals surface area contributed by atoms with E-state index < -0.39 is 23.1 Å². The number of carbonyl (C=O) groups is 2. The van der Waals surface area contributed by atoms with Crippen LogP contribution in [0.2, 0.25) is 5.02 Å². The number of hydrazine groups is 1. The number of halogens is 1. The molecule has 0 saturated heterocycles. The number of hydrogen-bond donors (Lipinski definition) is 4. The van der Waals surface area contributed by atoms with Crippen LogP contribution in [0.25, 0.3) is 10.9 Å². The van der Waals surface area contributed by atoms with E-state index in [1.165, 1.54) is 12.1 Å². The number of pyridine rings is 1. The summed E-state index contributed by atoms with van der Waals surface area (Å²) in [6.45, 7) is 0. The molecule has 0 aliphatic rings. The number of aromatic amines is 1. The Morgan fingerprint density at radius 2 is 1.72 bits per heavy atom. The molecule has 0 bridgehead atoms. The lowest BCUT2D eigenvalue weighted by atomic mass is 10.1. The molecule has 1 heterocycles. The Morgan fingerprint density at radius 3 is 2.48 bits per heavy atom. The first kappa shape index (κ1) is 16.5. The number of benzene rings is 2. The second kappa shape index (κ2) is 6.66. The van der Waals surface area contributed by atoms with Gasteiger partial charge in [-0.05, 0) is 24.3 Å². The molecule has 0 unspecified atom stereocenters. The van der Waals surface area contributed by atoms with Crippen LogP contribution in [0.15, 0.2) is 53.3 Å². The zero-order valence-electron chi connectivity index (χ0n) is 12.7. The van der Waals surface area contributed by atoms with E-state index in [9.17, 15) is 19.5 Å². The van der Waals surface area contributed by atoms with Gasteiger partial charge in [-0.1, -0.05) is 35.9 Å². The Morgan fingerprint density at radius 1 is 1.00 bits per heavy atom. The fraction of sp³-hybridized carbons (Fsp3) is 0. The summed E-state index contributed by atoms with van der Waals surface area (Å²) in [5.41, 5.74) is 4.00. The number of amides is 2. The number of aromatic hydroxyl groups is 1. The molecule has 4 N–H and O–H groups in total. The maximum Gasteiger partial charge on any atom is 0.291 e. The van der Waals surface area contributed by atoms with Crippen molar-refractivity contribution < 1.29 is 14.7 Å². The maximum atomic E-state index is 12.4. The molecule has 126 valence electrons. The predicted octanol–water partition coefficient (Wildman–Crippen LogP) is 1.96. The van der Waals surface area contributed by atoms with Crippen molar-refractivity contribution >= 4 is 34.3 Å². The largest absolute Gasteiger partial charge is 0.502 e. The van der Waals surface area contributed by atoms with Crippen molar-refractivity contribution in [2.45, 2.75) is 0 Å². The number of para-hydroxylation sites is 1. The summed E-state index contributed by atoms with van der Waals surface area (Å²) < 4.78 is 0. The van der Waals surface area contributed by atoms with Crippen molar-refractivity contribution in [1.29, 1.82) is 0 Å². The van der Waals surface area contributed by atoms with E-state index in [4.69, 9.17) is 11.6 Å². The van der Waals surface area contributed by atoms with Crippen LogP contribution in [0.4, 0.5) is 0 Å². The summed E-state index contributed by atoms with van der Waals surface area (Å²) in [5, 5.41) is 10.7. The lowest BCUT2D eigenvalue weighted by Gasteiger charge is -2.10. The Balaban J connectivity index is 1.87. The van der Waals surface area contributed by atoms with Crippen molar-refractivity contribution in [3.63, 3.8) is 0 Å². The van der Waals surface area contributed by atoms with E-state index in [2.05, 4.69) is 15.8 Å². The fourth-order valence-electron chi connectivity index (χ4n) is 2.34. The van der Waals surface area contributed by atoms with Gasteiger partial charge in [0.05, 0.1) is 5.56 Å². The van der Waals surface area contributed by atoms with Crippen LogP contribution < -0.4 is 16.4 Å². The number of rotatable bonds is 2. The lowest BCUT2D eigenvalue weighted by Crippen LogP contribution is -2.42. The van der Waals surface area contributed by atoms with Crippen LogP contribution in [-0.2, 0) is 0 Å². The third-order valence-corrected chi connectivity index (χ3v) is 3.74. The van der Waals surface area contributed by atoms with Crippen LogP contribution >= 0.6 is 11.6 Å². The summed E-state index contributed by atoms with van der Waals surface area (Å²) in [7, 11) is 0. The highest BCUT2D eigenvalue weighted by Gasteiger charge is 2.19. The topological polar surface area (TPSA) is 111 Å². The first-order chi connectivity index (χ1) is 12.0. The molecule has 0 atom stereocenters. The molecule has 7 nitrogen and oxygen atoms in total. The normalized spacial score (nSPS) is 10.4. The summed E-state index contributed by atoms with van der Waals surface area (Å²) in [6, 6.07) is 12.7. The van der Waals surface area contributed by atoms with E-state index in [1.807, 2.05) is 0 Å². The van der Waals surface area contributed by atoms with E-state index in [0.717, 1.165) is 0 Å². The van der Waals surface area contributed by atoms with E-state index in [1.54, 1.807) is 36.4 Å². The van der Waals surface area contributed by atoms with Crippen molar-refractivity contribution in [1.82, 2.24) is 15.8 Å². The number of aromatic nitrogens is 1. The van der Waals surface area contributed by atoms with Crippen LogP contribution in [0, 0.1) is 0 Å². The van der Waals surface area contributed by atoms with Crippen molar-refractivity contribution in [2.24, 2.45) is 0 Å². The van der Waals surface area contributed by atoms with Crippen LogP contribution in [0.3, 0.4) is 0 Å². The smallest absolute Gasteiger partial charge is 0.291 e. The molecule has 0 aliphatic heterocycles. The highest BCUT2D eigenvalue weighted by molar-refractivity contribution is 6.31. The van der Waals surface area contributed by atoms with Gasteiger partial charge in [0.15, 0.2) is 5.75 Å². The zero-order chi connectivity index (χ0) is 18.0. The van der Waals surface area contributed by atoms with Gasteiger partial charge in [-0.2, -0.15) is 0 Å². The Labute approximate surface area is 146 Å². The van der Waals surface area contributed by atoms with Gasteiger partial charge < -0.3 is 10.1 Å². The minimum absolute atomic E-state index is 0.231.